The summed E-state index contributed by atoms with van der Waals surface area (Å²) >= 11 is 1.31. The van der Waals surface area contributed by atoms with E-state index < -0.39 is 35.6 Å². The number of carbonyl (C=O) groups excluding carboxylic acids is 6. The summed E-state index contributed by atoms with van der Waals surface area (Å²) in [6.45, 7) is 5.69. The van der Waals surface area contributed by atoms with Crippen molar-refractivity contribution < 1.29 is 43.0 Å². The Labute approximate surface area is 226 Å². The zero-order valence-corrected chi connectivity index (χ0v) is 23.1. The lowest BCUT2D eigenvalue weighted by Crippen LogP contribution is -2.46. The quantitative estimate of drug-likeness (QED) is 0.108. The van der Waals surface area contributed by atoms with E-state index in [4.69, 9.17) is 14.2 Å². The normalized spacial score (nSPS) is 15.7. The topological polar surface area (TPSA) is 181 Å². The van der Waals surface area contributed by atoms with Crippen molar-refractivity contribution >= 4 is 47.6 Å². The Kier molecular flexibility index (Phi) is 15.8. The van der Waals surface area contributed by atoms with Crippen molar-refractivity contribution in [2.24, 2.45) is 0 Å². The number of carbonyl (C=O) groups is 6. The first-order chi connectivity index (χ1) is 18.1. The van der Waals surface area contributed by atoms with E-state index in [1.54, 1.807) is 27.0 Å². The average molecular weight is 562 g/mol. The van der Waals surface area contributed by atoms with Crippen LogP contribution in [0.5, 0.6) is 0 Å². The summed E-state index contributed by atoms with van der Waals surface area (Å²) in [6, 6.07) is 0. The SMILES string of the molecule is CCNC(=O)OCC(COC(=O)NCC)OCCCC(=O)NC(C)NC(=O)CCN1C(=O)CC(SC)C1=O. The van der Waals surface area contributed by atoms with Gasteiger partial charge >= 0.3 is 12.2 Å². The molecule has 4 N–H and O–H groups in total. The minimum atomic E-state index is -0.720. The molecule has 1 aliphatic heterocycles. The summed E-state index contributed by atoms with van der Waals surface area (Å²) in [6.07, 6.45) is -0.395. The number of ether oxygens (including phenoxy) is 3. The summed E-state index contributed by atoms with van der Waals surface area (Å²) in [4.78, 5) is 72.6. The smallest absolute Gasteiger partial charge is 0.407 e. The summed E-state index contributed by atoms with van der Waals surface area (Å²) in [5, 5.41) is 9.80. The summed E-state index contributed by atoms with van der Waals surface area (Å²) in [5.41, 5.74) is 0. The van der Waals surface area contributed by atoms with Gasteiger partial charge in [-0.15, -0.1) is 0 Å². The second kappa shape index (κ2) is 18.2. The molecular weight excluding hydrogens is 522 g/mol. The lowest BCUT2D eigenvalue weighted by molar-refractivity contribution is -0.138. The van der Waals surface area contributed by atoms with Gasteiger partial charge in [0.05, 0.1) is 11.4 Å². The van der Waals surface area contributed by atoms with Gasteiger partial charge in [0.25, 0.3) is 0 Å². The molecular formula is C23H39N5O9S. The summed E-state index contributed by atoms with van der Waals surface area (Å²) < 4.78 is 15.7. The molecule has 1 saturated heterocycles. The predicted molar refractivity (Wildman–Crippen MR) is 138 cm³/mol. The fraction of sp³-hybridized carbons (Fsp3) is 0.739. The van der Waals surface area contributed by atoms with Gasteiger partial charge in [0.1, 0.15) is 19.3 Å². The number of hydrogen-bond acceptors (Lipinski definition) is 10. The van der Waals surface area contributed by atoms with Crippen LogP contribution in [0, 0.1) is 0 Å². The second-order valence-corrected chi connectivity index (χ2v) is 9.31. The monoisotopic (exact) mass is 561 g/mol. The molecule has 14 nitrogen and oxygen atoms in total. The molecule has 38 heavy (non-hydrogen) atoms. The Morgan fingerprint density at radius 2 is 1.53 bits per heavy atom. The van der Waals surface area contributed by atoms with E-state index in [1.165, 1.54) is 11.8 Å². The van der Waals surface area contributed by atoms with Crippen LogP contribution < -0.4 is 21.3 Å². The molecule has 2 unspecified atom stereocenters. The van der Waals surface area contributed by atoms with Crippen LogP contribution in [0.4, 0.5) is 9.59 Å². The highest BCUT2D eigenvalue weighted by Crippen LogP contribution is 2.23. The molecule has 216 valence electrons. The first-order valence-corrected chi connectivity index (χ1v) is 13.8. The molecule has 0 radical (unpaired) electrons. The molecule has 1 fully saturated rings. The Balaban J connectivity index is 2.33. The highest BCUT2D eigenvalue weighted by atomic mass is 32.2. The largest absolute Gasteiger partial charge is 0.447 e. The third-order valence-corrected chi connectivity index (χ3v) is 6.09. The highest BCUT2D eigenvalue weighted by molar-refractivity contribution is 8.00. The fourth-order valence-electron chi connectivity index (χ4n) is 3.30. The third-order valence-electron chi connectivity index (χ3n) is 5.15. The first kappa shape index (κ1) is 33.0. The number of imide groups is 1. The van der Waals surface area contributed by atoms with Gasteiger partial charge in [-0.1, -0.05) is 0 Å². The van der Waals surface area contributed by atoms with Crippen molar-refractivity contribution in [3.63, 3.8) is 0 Å². The van der Waals surface area contributed by atoms with E-state index in [9.17, 15) is 28.8 Å². The average Bonchev–Trinajstić information content (AvgIpc) is 3.13. The number of nitrogens with one attached hydrogen (secondary N) is 4. The number of hydrogen-bond donors (Lipinski definition) is 4. The molecule has 15 heteroatoms. The molecule has 0 saturated carbocycles. The van der Waals surface area contributed by atoms with Crippen LogP contribution in [0.3, 0.4) is 0 Å². The number of nitrogens with zero attached hydrogens (tertiary/aromatic N) is 1. The third kappa shape index (κ3) is 12.9. The lowest BCUT2D eigenvalue weighted by atomic mass is 10.3. The molecule has 1 heterocycles. The minimum absolute atomic E-state index is 0.00658. The molecule has 0 spiro atoms. The van der Waals surface area contributed by atoms with Gasteiger partial charge in [0.2, 0.25) is 23.6 Å². The Morgan fingerprint density at radius 1 is 0.974 bits per heavy atom. The zero-order valence-electron chi connectivity index (χ0n) is 22.3. The Hall–Kier alpha value is -3.07. The van der Waals surface area contributed by atoms with Gasteiger partial charge in [-0.2, -0.15) is 11.8 Å². The maximum atomic E-state index is 12.2. The second-order valence-electron chi connectivity index (χ2n) is 8.27. The summed E-state index contributed by atoms with van der Waals surface area (Å²) in [7, 11) is 0. The van der Waals surface area contributed by atoms with Crippen molar-refractivity contribution in [2.45, 2.75) is 64.0 Å². The van der Waals surface area contributed by atoms with Crippen LogP contribution in [0.15, 0.2) is 0 Å². The molecule has 0 aromatic carbocycles. The zero-order chi connectivity index (χ0) is 28.5. The molecule has 0 aromatic heterocycles. The number of amides is 6. The van der Waals surface area contributed by atoms with Gasteiger partial charge in [0.15, 0.2) is 0 Å². The minimum Gasteiger partial charge on any atom is -0.447 e. The van der Waals surface area contributed by atoms with Gasteiger partial charge in [-0.3, -0.25) is 24.1 Å². The van der Waals surface area contributed by atoms with Crippen molar-refractivity contribution in [1.82, 2.24) is 26.2 Å². The Morgan fingerprint density at radius 3 is 2.03 bits per heavy atom. The number of likely N-dealkylation sites (tertiary alicyclic amines) is 1. The van der Waals surface area contributed by atoms with Crippen LogP contribution in [0.25, 0.3) is 0 Å². The molecule has 1 rings (SSSR count). The number of thioether (sulfide) groups is 1. The van der Waals surface area contributed by atoms with Crippen molar-refractivity contribution in [2.75, 3.05) is 45.7 Å². The van der Waals surface area contributed by atoms with E-state index in [0.29, 0.717) is 19.5 Å². The molecule has 1 aliphatic rings. The van der Waals surface area contributed by atoms with Crippen molar-refractivity contribution in [3.8, 4) is 0 Å². The lowest BCUT2D eigenvalue weighted by Gasteiger charge is -2.19. The van der Waals surface area contributed by atoms with Crippen LogP contribution >= 0.6 is 11.8 Å². The molecule has 0 bridgehead atoms. The first-order valence-electron chi connectivity index (χ1n) is 12.5. The molecule has 0 aliphatic carbocycles. The van der Waals surface area contributed by atoms with Crippen LogP contribution in [0.2, 0.25) is 0 Å². The van der Waals surface area contributed by atoms with Crippen LogP contribution in [0.1, 0.15) is 46.5 Å². The highest BCUT2D eigenvalue weighted by Gasteiger charge is 2.37. The van der Waals surface area contributed by atoms with Crippen molar-refractivity contribution in [3.05, 3.63) is 0 Å². The number of alkyl carbamates (subject to hydrolysis) is 2. The molecule has 2 atom stereocenters. The predicted octanol–water partition coefficient (Wildman–Crippen LogP) is 0.103. The van der Waals surface area contributed by atoms with Gasteiger partial charge in [-0.05, 0) is 33.4 Å². The fourth-order valence-corrected chi connectivity index (χ4v) is 3.94. The number of rotatable bonds is 17. The standard InChI is InChI=1S/C23H39N5O9S/c1-5-24-22(33)36-13-16(14-37-23(34)25-6-2)35-11-7-8-18(29)26-15(3)27-19(30)9-10-28-20(31)12-17(38-4)21(28)32/h15-17H,5-14H2,1-4H3,(H,24,33)(H,25,34)(H,26,29)(H,27,30). The van der Waals surface area contributed by atoms with Crippen molar-refractivity contribution in [1.29, 1.82) is 0 Å². The van der Waals surface area contributed by atoms with Gasteiger partial charge in [-0.25, -0.2) is 9.59 Å². The van der Waals surface area contributed by atoms with E-state index >= 15 is 0 Å². The van der Waals surface area contributed by atoms with Crippen LogP contribution in [-0.2, 0) is 33.4 Å². The van der Waals surface area contributed by atoms with Crippen LogP contribution in [-0.4, -0.2) is 104 Å². The molecule has 6 amide bonds. The van der Waals surface area contributed by atoms with Gasteiger partial charge < -0.3 is 35.5 Å². The van der Waals surface area contributed by atoms with E-state index in [2.05, 4.69) is 21.3 Å². The summed E-state index contributed by atoms with van der Waals surface area (Å²) in [5.74, 6) is -1.31. The van der Waals surface area contributed by atoms with E-state index in [1.807, 2.05) is 0 Å². The molecule has 0 aromatic rings. The Bertz CT molecular complexity index is 807. The maximum absolute atomic E-state index is 12.2. The van der Waals surface area contributed by atoms with E-state index in [0.717, 1.165) is 4.90 Å². The van der Waals surface area contributed by atoms with E-state index in [-0.39, 0.29) is 63.3 Å². The maximum Gasteiger partial charge on any atom is 0.407 e. The van der Waals surface area contributed by atoms with Gasteiger partial charge in [0, 0.05) is 45.5 Å².